The van der Waals surface area contributed by atoms with Crippen LogP contribution in [0.15, 0.2) is 30.5 Å². The fourth-order valence-corrected chi connectivity index (χ4v) is 2.81. The third kappa shape index (κ3) is 2.91. The normalized spacial score (nSPS) is 17.0. The van der Waals surface area contributed by atoms with Gasteiger partial charge in [-0.2, -0.15) is 4.98 Å². The lowest BCUT2D eigenvalue weighted by Gasteiger charge is -2.19. The molecule has 0 atom stereocenters. The Balaban J connectivity index is 1.62. The summed E-state index contributed by atoms with van der Waals surface area (Å²) in [6.45, 7) is 1.87. The number of hydrogen-bond donors (Lipinski definition) is 0. The summed E-state index contributed by atoms with van der Waals surface area (Å²) in [6.07, 6.45) is 4.00. The molecule has 2 aliphatic rings. The van der Waals surface area contributed by atoms with E-state index in [1.165, 1.54) is 12.8 Å². The maximum Gasteiger partial charge on any atom is 0.261 e. The topological polar surface area (TPSA) is 64.6 Å². The minimum atomic E-state index is -0.0318. The van der Waals surface area contributed by atoms with Gasteiger partial charge in [-0.3, -0.25) is 4.79 Å². The number of carbonyl (C=O) groups excluding carboxylic acids is 1. The number of carbonyl (C=O) groups is 1. The van der Waals surface area contributed by atoms with Gasteiger partial charge < -0.3 is 14.4 Å². The molecule has 0 unspecified atom stereocenters. The molecule has 0 N–H and O–H groups in total. The maximum absolute atomic E-state index is 12.7. The Kier molecular flexibility index (Phi) is 3.80. The van der Waals surface area contributed by atoms with Crippen molar-refractivity contribution in [2.45, 2.75) is 12.8 Å². The van der Waals surface area contributed by atoms with Crippen LogP contribution in [-0.2, 0) is 0 Å². The lowest BCUT2D eigenvalue weighted by molar-refractivity contribution is 0.0747. The van der Waals surface area contributed by atoms with Gasteiger partial charge in [-0.15, -0.1) is 0 Å². The second kappa shape index (κ2) is 6.11. The standard InChI is InChI=1S/C18H19N3O3/c1-23-14-6-4-13(5-7-14)16-19-10-15-17(20-16)24-9-8-21(18(15)22)11-12-2-3-12/h4-7,10,12H,2-3,8-9,11H2,1H3. The molecule has 0 saturated heterocycles. The number of methoxy groups -OCH3 is 1. The van der Waals surface area contributed by atoms with Gasteiger partial charge in [0.25, 0.3) is 5.91 Å². The Labute approximate surface area is 140 Å². The average Bonchev–Trinajstić information content (AvgIpc) is 3.45. The van der Waals surface area contributed by atoms with Crippen LogP contribution in [0.1, 0.15) is 23.2 Å². The molecule has 4 rings (SSSR count). The first-order valence-corrected chi connectivity index (χ1v) is 8.18. The van der Waals surface area contributed by atoms with E-state index in [2.05, 4.69) is 9.97 Å². The summed E-state index contributed by atoms with van der Waals surface area (Å²) in [5.74, 6) is 2.31. The summed E-state index contributed by atoms with van der Waals surface area (Å²) in [7, 11) is 1.63. The van der Waals surface area contributed by atoms with Gasteiger partial charge in [-0.25, -0.2) is 4.98 Å². The number of benzene rings is 1. The molecule has 1 aliphatic carbocycles. The van der Waals surface area contributed by atoms with E-state index < -0.39 is 0 Å². The van der Waals surface area contributed by atoms with E-state index in [-0.39, 0.29) is 5.91 Å². The van der Waals surface area contributed by atoms with Crippen molar-refractivity contribution in [3.8, 4) is 23.0 Å². The van der Waals surface area contributed by atoms with Crippen LogP contribution in [0.3, 0.4) is 0 Å². The van der Waals surface area contributed by atoms with Crippen LogP contribution in [0.4, 0.5) is 0 Å². The summed E-state index contributed by atoms with van der Waals surface area (Å²) in [4.78, 5) is 23.4. The second-order valence-corrected chi connectivity index (χ2v) is 6.18. The molecule has 1 saturated carbocycles. The molecule has 124 valence electrons. The van der Waals surface area contributed by atoms with Gasteiger partial charge in [-0.1, -0.05) is 0 Å². The Morgan fingerprint density at radius 1 is 1.29 bits per heavy atom. The van der Waals surface area contributed by atoms with E-state index in [1.54, 1.807) is 13.3 Å². The molecule has 24 heavy (non-hydrogen) atoms. The minimum Gasteiger partial charge on any atom is -0.497 e. The van der Waals surface area contributed by atoms with E-state index in [4.69, 9.17) is 9.47 Å². The molecule has 6 heteroatoms. The zero-order valence-electron chi connectivity index (χ0n) is 13.6. The van der Waals surface area contributed by atoms with Crippen molar-refractivity contribution in [1.82, 2.24) is 14.9 Å². The van der Waals surface area contributed by atoms with Crippen LogP contribution in [0, 0.1) is 5.92 Å². The molecule has 1 amide bonds. The first-order valence-electron chi connectivity index (χ1n) is 8.18. The van der Waals surface area contributed by atoms with Gasteiger partial charge in [0, 0.05) is 18.3 Å². The molecule has 1 fully saturated rings. The highest BCUT2D eigenvalue weighted by Gasteiger charge is 2.31. The number of nitrogens with zero attached hydrogens (tertiary/aromatic N) is 3. The minimum absolute atomic E-state index is 0.0318. The highest BCUT2D eigenvalue weighted by atomic mass is 16.5. The SMILES string of the molecule is COc1ccc(-c2ncc3c(n2)OCCN(CC2CC2)C3=O)cc1. The van der Waals surface area contributed by atoms with Crippen molar-refractivity contribution < 1.29 is 14.3 Å². The van der Waals surface area contributed by atoms with Crippen LogP contribution in [0.25, 0.3) is 11.4 Å². The van der Waals surface area contributed by atoms with Gasteiger partial charge in [0.15, 0.2) is 5.82 Å². The van der Waals surface area contributed by atoms with Crippen LogP contribution < -0.4 is 9.47 Å². The molecular weight excluding hydrogens is 306 g/mol. The number of fused-ring (bicyclic) bond motifs is 1. The lowest BCUT2D eigenvalue weighted by atomic mass is 10.2. The van der Waals surface area contributed by atoms with E-state index in [9.17, 15) is 4.79 Å². The highest BCUT2D eigenvalue weighted by molar-refractivity contribution is 5.96. The van der Waals surface area contributed by atoms with Crippen molar-refractivity contribution in [2.75, 3.05) is 26.8 Å². The Hall–Kier alpha value is -2.63. The van der Waals surface area contributed by atoms with E-state index >= 15 is 0 Å². The molecule has 2 aromatic rings. The Bertz CT molecular complexity index is 757. The lowest BCUT2D eigenvalue weighted by Crippen LogP contribution is -2.34. The van der Waals surface area contributed by atoms with Crippen molar-refractivity contribution in [1.29, 1.82) is 0 Å². The summed E-state index contributed by atoms with van der Waals surface area (Å²) in [6, 6.07) is 7.48. The van der Waals surface area contributed by atoms with Crippen molar-refractivity contribution in [3.63, 3.8) is 0 Å². The molecule has 0 spiro atoms. The van der Waals surface area contributed by atoms with E-state index in [0.717, 1.165) is 17.9 Å². The van der Waals surface area contributed by atoms with Crippen LogP contribution >= 0.6 is 0 Å². The summed E-state index contributed by atoms with van der Waals surface area (Å²) >= 11 is 0. The average molecular weight is 325 g/mol. The van der Waals surface area contributed by atoms with Crippen molar-refractivity contribution in [2.24, 2.45) is 5.92 Å². The predicted octanol–water partition coefficient (Wildman–Crippen LogP) is 2.40. The van der Waals surface area contributed by atoms with Crippen molar-refractivity contribution in [3.05, 3.63) is 36.0 Å². The summed E-state index contributed by atoms with van der Waals surface area (Å²) < 4.78 is 10.9. The Morgan fingerprint density at radius 2 is 2.08 bits per heavy atom. The predicted molar refractivity (Wildman–Crippen MR) is 88.1 cm³/mol. The molecule has 1 aliphatic heterocycles. The first kappa shape index (κ1) is 14.9. The van der Waals surface area contributed by atoms with Gasteiger partial charge >= 0.3 is 0 Å². The molecule has 1 aromatic carbocycles. The van der Waals surface area contributed by atoms with Crippen molar-refractivity contribution >= 4 is 5.91 Å². The molecule has 1 aromatic heterocycles. The zero-order chi connectivity index (χ0) is 16.5. The fourth-order valence-electron chi connectivity index (χ4n) is 2.81. The third-order valence-corrected chi connectivity index (χ3v) is 4.40. The number of aromatic nitrogens is 2. The van der Waals surface area contributed by atoms with Crippen LogP contribution in [0.2, 0.25) is 0 Å². The van der Waals surface area contributed by atoms with Crippen LogP contribution in [-0.4, -0.2) is 47.6 Å². The van der Waals surface area contributed by atoms with Gasteiger partial charge in [0.2, 0.25) is 5.88 Å². The van der Waals surface area contributed by atoms with E-state index in [0.29, 0.717) is 36.3 Å². The maximum atomic E-state index is 12.7. The molecular formula is C18H19N3O3. The molecule has 0 radical (unpaired) electrons. The molecule has 0 bridgehead atoms. The molecule has 2 heterocycles. The highest BCUT2D eigenvalue weighted by Crippen LogP contribution is 2.31. The number of rotatable bonds is 4. The Morgan fingerprint density at radius 3 is 2.79 bits per heavy atom. The second-order valence-electron chi connectivity index (χ2n) is 6.18. The van der Waals surface area contributed by atoms with Gasteiger partial charge in [0.1, 0.15) is 17.9 Å². The first-order chi connectivity index (χ1) is 11.7. The third-order valence-electron chi connectivity index (χ3n) is 4.40. The van der Waals surface area contributed by atoms with Gasteiger partial charge in [0.05, 0.1) is 13.7 Å². The monoisotopic (exact) mass is 325 g/mol. The smallest absolute Gasteiger partial charge is 0.261 e. The quantitative estimate of drug-likeness (QED) is 0.863. The van der Waals surface area contributed by atoms with Gasteiger partial charge in [-0.05, 0) is 43.0 Å². The zero-order valence-corrected chi connectivity index (χ0v) is 13.6. The largest absolute Gasteiger partial charge is 0.497 e. The van der Waals surface area contributed by atoms with Crippen LogP contribution in [0.5, 0.6) is 11.6 Å². The summed E-state index contributed by atoms with van der Waals surface area (Å²) in [5.41, 5.74) is 1.30. The molecule has 6 nitrogen and oxygen atoms in total. The summed E-state index contributed by atoms with van der Waals surface area (Å²) in [5, 5.41) is 0. The number of hydrogen-bond acceptors (Lipinski definition) is 5. The fraction of sp³-hybridized carbons (Fsp3) is 0.389. The van der Waals surface area contributed by atoms with E-state index in [1.807, 2.05) is 29.2 Å². The number of ether oxygens (including phenoxy) is 2. The number of amides is 1.